The van der Waals surface area contributed by atoms with E-state index >= 15 is 0 Å². The Morgan fingerprint density at radius 1 is 1.08 bits per heavy atom. The number of hydrogen-bond donors (Lipinski definition) is 1. The van der Waals surface area contributed by atoms with Crippen molar-refractivity contribution in [2.24, 2.45) is 0 Å². The van der Waals surface area contributed by atoms with E-state index in [9.17, 15) is 4.79 Å². The number of halogens is 1. The average Bonchev–Trinajstić information content (AvgIpc) is 2.56. The van der Waals surface area contributed by atoms with Crippen LogP contribution < -0.4 is 10.2 Å². The number of ether oxygens (including phenoxy) is 1. The van der Waals surface area contributed by atoms with Gasteiger partial charge in [-0.25, -0.2) is 0 Å². The standard InChI is InChI=1S/C19H21BrN2O2/c1-13-11-24-12-14(2)22(13)16-9-7-15(8-10-16)21-19(23)17-5-3-4-6-18(17)20/h3-10,13-14H,11-12H2,1-2H3,(H,21,23). The minimum Gasteiger partial charge on any atom is -0.377 e. The molecule has 0 bridgehead atoms. The van der Waals surface area contributed by atoms with Crippen LogP contribution in [0.3, 0.4) is 0 Å². The van der Waals surface area contributed by atoms with Crippen LogP contribution in [0, 0.1) is 0 Å². The summed E-state index contributed by atoms with van der Waals surface area (Å²) in [7, 11) is 0. The highest BCUT2D eigenvalue weighted by Crippen LogP contribution is 2.25. The number of benzene rings is 2. The molecule has 24 heavy (non-hydrogen) atoms. The molecular weight excluding hydrogens is 368 g/mol. The van der Waals surface area contributed by atoms with Gasteiger partial charge >= 0.3 is 0 Å². The van der Waals surface area contributed by atoms with Crippen LogP contribution in [0.5, 0.6) is 0 Å². The summed E-state index contributed by atoms with van der Waals surface area (Å²) in [5.74, 6) is -0.122. The van der Waals surface area contributed by atoms with E-state index in [1.54, 1.807) is 6.07 Å². The Morgan fingerprint density at radius 2 is 1.71 bits per heavy atom. The lowest BCUT2D eigenvalue weighted by molar-refractivity contribution is 0.0757. The van der Waals surface area contributed by atoms with Gasteiger partial charge in [0, 0.05) is 27.9 Å². The van der Waals surface area contributed by atoms with E-state index in [1.165, 1.54) is 0 Å². The maximum Gasteiger partial charge on any atom is 0.256 e. The second kappa shape index (κ2) is 7.36. The van der Waals surface area contributed by atoms with Gasteiger partial charge in [0.05, 0.1) is 18.8 Å². The van der Waals surface area contributed by atoms with Crippen LogP contribution in [-0.4, -0.2) is 31.2 Å². The van der Waals surface area contributed by atoms with Crippen LogP contribution >= 0.6 is 15.9 Å². The van der Waals surface area contributed by atoms with Gasteiger partial charge in [-0.3, -0.25) is 4.79 Å². The second-order valence-corrected chi connectivity index (χ2v) is 6.98. The highest BCUT2D eigenvalue weighted by atomic mass is 79.9. The van der Waals surface area contributed by atoms with Crippen LogP contribution in [0.25, 0.3) is 0 Å². The molecule has 0 aromatic heterocycles. The number of hydrogen-bond acceptors (Lipinski definition) is 3. The molecule has 0 spiro atoms. The summed E-state index contributed by atoms with van der Waals surface area (Å²) in [6.07, 6.45) is 0. The summed E-state index contributed by atoms with van der Waals surface area (Å²) in [6.45, 7) is 5.81. The molecule has 0 saturated carbocycles. The second-order valence-electron chi connectivity index (χ2n) is 6.12. The lowest BCUT2D eigenvalue weighted by atomic mass is 10.1. The highest BCUT2D eigenvalue weighted by Gasteiger charge is 2.25. The van der Waals surface area contributed by atoms with E-state index < -0.39 is 0 Å². The van der Waals surface area contributed by atoms with E-state index in [0.29, 0.717) is 17.6 Å². The van der Waals surface area contributed by atoms with Crippen molar-refractivity contribution < 1.29 is 9.53 Å². The normalized spacial score (nSPS) is 20.7. The minimum absolute atomic E-state index is 0.122. The zero-order chi connectivity index (χ0) is 17.1. The first kappa shape index (κ1) is 17.0. The number of carbonyl (C=O) groups excluding carboxylic acids is 1. The molecule has 2 aromatic carbocycles. The first-order valence-corrected chi connectivity index (χ1v) is 8.87. The molecule has 1 aliphatic heterocycles. The van der Waals surface area contributed by atoms with Crippen molar-refractivity contribution >= 4 is 33.2 Å². The first-order valence-electron chi connectivity index (χ1n) is 8.08. The largest absolute Gasteiger partial charge is 0.377 e. The fourth-order valence-electron chi connectivity index (χ4n) is 3.07. The van der Waals surface area contributed by atoms with Gasteiger partial charge in [0.1, 0.15) is 0 Å². The van der Waals surface area contributed by atoms with E-state index in [1.807, 2.05) is 42.5 Å². The Labute approximate surface area is 150 Å². The number of amides is 1. The Kier molecular flexibility index (Phi) is 5.21. The van der Waals surface area contributed by atoms with Crippen molar-refractivity contribution in [3.8, 4) is 0 Å². The molecule has 3 rings (SSSR count). The third kappa shape index (κ3) is 3.62. The monoisotopic (exact) mass is 388 g/mol. The Hall–Kier alpha value is -1.85. The maximum absolute atomic E-state index is 12.4. The summed E-state index contributed by atoms with van der Waals surface area (Å²) >= 11 is 3.41. The summed E-state index contributed by atoms with van der Waals surface area (Å²) < 4.78 is 6.37. The van der Waals surface area contributed by atoms with Crippen molar-refractivity contribution in [2.75, 3.05) is 23.4 Å². The zero-order valence-electron chi connectivity index (χ0n) is 13.8. The lowest BCUT2D eigenvalue weighted by Gasteiger charge is -2.40. The fourth-order valence-corrected chi connectivity index (χ4v) is 3.54. The van der Waals surface area contributed by atoms with Crippen molar-refractivity contribution in [1.29, 1.82) is 0 Å². The van der Waals surface area contributed by atoms with E-state index in [0.717, 1.165) is 29.1 Å². The molecule has 1 amide bonds. The molecule has 1 fully saturated rings. The van der Waals surface area contributed by atoms with Crippen molar-refractivity contribution in [1.82, 2.24) is 0 Å². The van der Waals surface area contributed by atoms with Crippen molar-refractivity contribution in [3.63, 3.8) is 0 Å². The third-order valence-electron chi connectivity index (χ3n) is 4.21. The van der Waals surface area contributed by atoms with E-state index in [-0.39, 0.29) is 5.91 Å². The predicted octanol–water partition coefficient (Wildman–Crippen LogP) is 4.32. The topological polar surface area (TPSA) is 41.6 Å². The number of anilines is 2. The van der Waals surface area contributed by atoms with E-state index in [2.05, 4.69) is 40.0 Å². The van der Waals surface area contributed by atoms with Crippen molar-refractivity contribution in [2.45, 2.75) is 25.9 Å². The van der Waals surface area contributed by atoms with Crippen LogP contribution in [0.15, 0.2) is 53.0 Å². The molecular formula is C19H21BrN2O2. The maximum atomic E-state index is 12.4. The molecule has 0 radical (unpaired) electrons. The van der Waals surface area contributed by atoms with Gasteiger partial charge < -0.3 is 15.0 Å². The van der Waals surface area contributed by atoms with Gasteiger partial charge in [0.2, 0.25) is 0 Å². The number of nitrogens with one attached hydrogen (secondary N) is 1. The van der Waals surface area contributed by atoms with Crippen LogP contribution in [0.4, 0.5) is 11.4 Å². The number of nitrogens with zero attached hydrogens (tertiary/aromatic N) is 1. The van der Waals surface area contributed by atoms with Gasteiger partial charge in [0.25, 0.3) is 5.91 Å². The molecule has 5 heteroatoms. The van der Waals surface area contributed by atoms with Gasteiger partial charge in [-0.05, 0) is 66.2 Å². The molecule has 0 aliphatic carbocycles. The molecule has 1 saturated heterocycles. The summed E-state index contributed by atoms with van der Waals surface area (Å²) in [5.41, 5.74) is 2.56. The Bertz CT molecular complexity index is 708. The highest BCUT2D eigenvalue weighted by molar-refractivity contribution is 9.10. The van der Waals surface area contributed by atoms with Crippen LogP contribution in [0.2, 0.25) is 0 Å². The first-order chi connectivity index (χ1) is 11.6. The molecule has 4 nitrogen and oxygen atoms in total. The van der Waals surface area contributed by atoms with E-state index in [4.69, 9.17) is 4.74 Å². The van der Waals surface area contributed by atoms with Crippen LogP contribution in [-0.2, 0) is 4.74 Å². The smallest absolute Gasteiger partial charge is 0.256 e. The van der Waals surface area contributed by atoms with Gasteiger partial charge in [-0.1, -0.05) is 12.1 Å². The minimum atomic E-state index is -0.122. The molecule has 1 aliphatic rings. The molecule has 1 N–H and O–H groups in total. The summed E-state index contributed by atoms with van der Waals surface area (Å²) in [6, 6.07) is 16.1. The lowest BCUT2D eigenvalue weighted by Crippen LogP contribution is -2.49. The average molecular weight is 389 g/mol. The summed E-state index contributed by atoms with van der Waals surface area (Å²) in [5, 5.41) is 2.94. The fraction of sp³-hybridized carbons (Fsp3) is 0.316. The SMILES string of the molecule is CC1COCC(C)N1c1ccc(NC(=O)c2ccccc2Br)cc1. The molecule has 2 unspecified atom stereocenters. The number of morpholine rings is 1. The van der Waals surface area contributed by atoms with Gasteiger partial charge in [0.15, 0.2) is 0 Å². The number of carbonyl (C=O) groups is 1. The van der Waals surface area contributed by atoms with Crippen molar-refractivity contribution in [3.05, 3.63) is 58.6 Å². The quantitative estimate of drug-likeness (QED) is 0.851. The zero-order valence-corrected chi connectivity index (χ0v) is 15.4. The van der Waals surface area contributed by atoms with Gasteiger partial charge in [-0.2, -0.15) is 0 Å². The van der Waals surface area contributed by atoms with Gasteiger partial charge in [-0.15, -0.1) is 0 Å². The molecule has 2 aromatic rings. The Morgan fingerprint density at radius 3 is 2.33 bits per heavy atom. The van der Waals surface area contributed by atoms with Crippen LogP contribution in [0.1, 0.15) is 24.2 Å². The third-order valence-corrected chi connectivity index (χ3v) is 4.90. The molecule has 126 valence electrons. The predicted molar refractivity (Wildman–Crippen MR) is 101 cm³/mol. The Balaban J connectivity index is 1.73. The molecule has 2 atom stereocenters. The molecule has 1 heterocycles. The number of rotatable bonds is 3. The summed E-state index contributed by atoms with van der Waals surface area (Å²) in [4.78, 5) is 14.7.